The van der Waals surface area contributed by atoms with E-state index in [1.54, 1.807) is 0 Å². The molecule has 7 aromatic carbocycles. The van der Waals surface area contributed by atoms with Gasteiger partial charge in [-0.05, 0) is 113 Å². The standard InChI is InChI=1S/C44H34/c1-43(2)37-16-10-15-35-41-34-22-20-32(30-18-17-28-13-8-9-14-29(28)23-30)25-39(34)44(3,4)40(41)26-36(42(35)37)33-21-19-31(24-38(33)43)27-11-6-5-7-12-27/h5-26H,1-4H3. The van der Waals surface area contributed by atoms with E-state index in [-0.39, 0.29) is 10.8 Å². The molecule has 0 saturated carbocycles. The van der Waals surface area contributed by atoms with Gasteiger partial charge in [0.2, 0.25) is 0 Å². The van der Waals surface area contributed by atoms with Gasteiger partial charge >= 0.3 is 0 Å². The molecule has 0 heteroatoms. The van der Waals surface area contributed by atoms with Crippen LogP contribution in [0.2, 0.25) is 0 Å². The normalized spacial score (nSPS) is 15.2. The van der Waals surface area contributed by atoms with Gasteiger partial charge in [0.25, 0.3) is 0 Å². The molecule has 7 aromatic rings. The Hall–Kier alpha value is -4.94. The maximum atomic E-state index is 2.53. The monoisotopic (exact) mass is 562 g/mol. The summed E-state index contributed by atoms with van der Waals surface area (Å²) >= 11 is 0. The summed E-state index contributed by atoms with van der Waals surface area (Å²) < 4.78 is 0. The predicted molar refractivity (Wildman–Crippen MR) is 187 cm³/mol. The molecule has 0 amide bonds. The predicted octanol–water partition coefficient (Wildman–Crippen LogP) is 11.9. The fourth-order valence-corrected chi connectivity index (χ4v) is 8.23. The largest absolute Gasteiger partial charge is 0.0622 e. The van der Waals surface area contributed by atoms with Crippen LogP contribution >= 0.6 is 0 Å². The molecule has 2 aliphatic carbocycles. The van der Waals surface area contributed by atoms with E-state index in [0.717, 1.165) is 0 Å². The van der Waals surface area contributed by atoms with Crippen molar-refractivity contribution in [2.24, 2.45) is 0 Å². The van der Waals surface area contributed by atoms with E-state index in [9.17, 15) is 0 Å². The second-order valence-electron chi connectivity index (χ2n) is 13.8. The van der Waals surface area contributed by atoms with Crippen LogP contribution in [0.1, 0.15) is 49.9 Å². The summed E-state index contributed by atoms with van der Waals surface area (Å²) in [5.74, 6) is 0. The molecular formula is C44H34. The lowest BCUT2D eigenvalue weighted by atomic mass is 9.67. The van der Waals surface area contributed by atoms with Crippen molar-refractivity contribution in [3.8, 4) is 44.5 Å². The van der Waals surface area contributed by atoms with Gasteiger partial charge in [-0.2, -0.15) is 0 Å². The van der Waals surface area contributed by atoms with Crippen molar-refractivity contribution < 1.29 is 0 Å². The van der Waals surface area contributed by atoms with Crippen molar-refractivity contribution in [2.75, 3.05) is 0 Å². The Morgan fingerprint density at radius 1 is 0.364 bits per heavy atom. The van der Waals surface area contributed by atoms with Gasteiger partial charge in [-0.3, -0.25) is 0 Å². The second kappa shape index (κ2) is 8.80. The van der Waals surface area contributed by atoms with E-state index < -0.39 is 0 Å². The molecule has 44 heavy (non-hydrogen) atoms. The Balaban J connectivity index is 1.27. The minimum atomic E-state index is -0.116. The zero-order valence-corrected chi connectivity index (χ0v) is 25.7. The van der Waals surface area contributed by atoms with E-state index in [1.165, 1.54) is 88.3 Å². The van der Waals surface area contributed by atoms with Crippen molar-refractivity contribution in [1.29, 1.82) is 0 Å². The van der Waals surface area contributed by atoms with Crippen LogP contribution in [0.15, 0.2) is 133 Å². The lowest BCUT2D eigenvalue weighted by Crippen LogP contribution is -2.24. The number of fused-ring (bicyclic) bond motifs is 7. The summed E-state index contributed by atoms with van der Waals surface area (Å²) in [4.78, 5) is 0. The summed E-state index contributed by atoms with van der Waals surface area (Å²) in [7, 11) is 0. The van der Waals surface area contributed by atoms with Crippen molar-refractivity contribution >= 4 is 21.5 Å². The SMILES string of the molecule is CC1(C)c2cc(-c3ccc4ccccc4c3)ccc2-c2c1cc1c3c(cccc23)C(C)(C)c2cc(-c3ccccc3)ccc2-1. The van der Waals surface area contributed by atoms with Gasteiger partial charge in [0.1, 0.15) is 0 Å². The first-order chi connectivity index (χ1) is 21.3. The van der Waals surface area contributed by atoms with Gasteiger partial charge in [0, 0.05) is 10.8 Å². The molecule has 0 aliphatic heterocycles. The molecule has 0 unspecified atom stereocenters. The van der Waals surface area contributed by atoms with Crippen LogP contribution in [0.25, 0.3) is 66.1 Å². The molecule has 0 heterocycles. The maximum Gasteiger partial charge on any atom is 0.0159 e. The number of hydrogen-bond acceptors (Lipinski definition) is 0. The highest BCUT2D eigenvalue weighted by Crippen LogP contribution is 2.57. The molecule has 0 N–H and O–H groups in total. The highest BCUT2D eigenvalue weighted by atomic mass is 14.4. The minimum Gasteiger partial charge on any atom is -0.0622 e. The molecule has 210 valence electrons. The average molecular weight is 563 g/mol. The number of benzene rings is 7. The topological polar surface area (TPSA) is 0 Å². The summed E-state index contributed by atoms with van der Waals surface area (Å²) in [6.07, 6.45) is 0. The van der Waals surface area contributed by atoms with Gasteiger partial charge in [-0.15, -0.1) is 0 Å². The number of hydrogen-bond donors (Lipinski definition) is 0. The average Bonchev–Trinajstić information content (AvgIpc) is 3.29. The molecule has 0 aromatic heterocycles. The zero-order chi connectivity index (χ0) is 29.8. The third kappa shape index (κ3) is 3.40. The van der Waals surface area contributed by atoms with E-state index in [2.05, 4.69) is 161 Å². The van der Waals surface area contributed by atoms with Gasteiger partial charge in [0.15, 0.2) is 0 Å². The van der Waals surface area contributed by atoms with E-state index >= 15 is 0 Å². The van der Waals surface area contributed by atoms with Crippen LogP contribution in [0.3, 0.4) is 0 Å². The molecule has 0 nitrogen and oxygen atoms in total. The highest BCUT2D eigenvalue weighted by molar-refractivity contribution is 6.12. The van der Waals surface area contributed by atoms with Gasteiger partial charge in [0.05, 0.1) is 0 Å². The molecule has 0 radical (unpaired) electrons. The summed E-state index contributed by atoms with van der Waals surface area (Å²) in [5, 5.41) is 5.36. The van der Waals surface area contributed by atoms with Crippen LogP contribution in [0.4, 0.5) is 0 Å². The van der Waals surface area contributed by atoms with Crippen molar-refractivity contribution in [1.82, 2.24) is 0 Å². The fraction of sp³-hybridized carbons (Fsp3) is 0.136. The summed E-state index contributed by atoms with van der Waals surface area (Å²) in [6.45, 7) is 9.63. The Labute approximate surface area is 259 Å². The lowest BCUT2D eigenvalue weighted by molar-refractivity contribution is 0.644. The van der Waals surface area contributed by atoms with E-state index in [1.807, 2.05) is 0 Å². The van der Waals surface area contributed by atoms with Crippen LogP contribution in [-0.4, -0.2) is 0 Å². The molecule has 0 bridgehead atoms. The lowest BCUT2D eigenvalue weighted by Gasteiger charge is -2.36. The Morgan fingerprint density at radius 3 is 1.77 bits per heavy atom. The molecule has 2 aliphatic rings. The van der Waals surface area contributed by atoms with Gasteiger partial charge in [-0.1, -0.05) is 137 Å². The first kappa shape index (κ1) is 25.5. The van der Waals surface area contributed by atoms with Crippen LogP contribution in [0, 0.1) is 0 Å². The van der Waals surface area contributed by atoms with Crippen LogP contribution < -0.4 is 0 Å². The fourth-order valence-electron chi connectivity index (χ4n) is 8.23. The molecule has 0 atom stereocenters. The Bertz CT molecular complexity index is 2310. The Morgan fingerprint density at radius 2 is 0.977 bits per heavy atom. The first-order valence-corrected chi connectivity index (χ1v) is 15.8. The van der Waals surface area contributed by atoms with E-state index in [0.29, 0.717) is 0 Å². The van der Waals surface area contributed by atoms with Crippen molar-refractivity contribution in [3.63, 3.8) is 0 Å². The zero-order valence-electron chi connectivity index (χ0n) is 25.7. The smallest absolute Gasteiger partial charge is 0.0159 e. The highest BCUT2D eigenvalue weighted by Gasteiger charge is 2.41. The third-order valence-electron chi connectivity index (χ3n) is 10.6. The summed E-state index contributed by atoms with van der Waals surface area (Å²) in [5.41, 5.74) is 16.1. The minimum absolute atomic E-state index is 0.113. The number of rotatable bonds is 2. The molecule has 9 rings (SSSR count). The molecule has 0 saturated heterocycles. The molecule has 0 spiro atoms. The summed E-state index contributed by atoms with van der Waals surface area (Å²) in [6, 6.07) is 50.1. The quantitative estimate of drug-likeness (QED) is 0.197. The second-order valence-corrected chi connectivity index (χ2v) is 13.8. The third-order valence-corrected chi connectivity index (χ3v) is 10.6. The van der Waals surface area contributed by atoms with Gasteiger partial charge < -0.3 is 0 Å². The van der Waals surface area contributed by atoms with Crippen molar-refractivity contribution in [2.45, 2.75) is 38.5 Å². The van der Waals surface area contributed by atoms with Crippen LogP contribution in [0.5, 0.6) is 0 Å². The first-order valence-electron chi connectivity index (χ1n) is 15.8. The molecular weight excluding hydrogens is 528 g/mol. The molecule has 0 fully saturated rings. The Kier molecular flexibility index (Phi) is 5.11. The van der Waals surface area contributed by atoms with Gasteiger partial charge in [-0.25, -0.2) is 0 Å². The van der Waals surface area contributed by atoms with Crippen LogP contribution in [-0.2, 0) is 10.8 Å². The van der Waals surface area contributed by atoms with Crippen molar-refractivity contribution in [3.05, 3.63) is 156 Å². The van der Waals surface area contributed by atoms with E-state index in [4.69, 9.17) is 0 Å². The maximum absolute atomic E-state index is 2.53.